The largest absolute Gasteiger partial charge is 0.393 e. The molecule has 9 nitrogen and oxygen atoms in total. The van der Waals surface area contributed by atoms with E-state index in [1.54, 1.807) is 4.90 Å². The number of halogens is 2. The number of piperidine rings is 1. The fraction of sp³-hybridized carbons (Fsp3) is 0.591. The number of rotatable bonds is 5. The summed E-state index contributed by atoms with van der Waals surface area (Å²) in [5.41, 5.74) is -0.135. The van der Waals surface area contributed by atoms with E-state index in [0.717, 1.165) is 12.1 Å². The average Bonchev–Trinajstić information content (AvgIpc) is 3.20. The van der Waals surface area contributed by atoms with E-state index in [9.17, 15) is 28.3 Å². The highest BCUT2D eigenvalue weighted by Crippen LogP contribution is 2.26. The van der Waals surface area contributed by atoms with Crippen LogP contribution in [0.2, 0.25) is 0 Å². The van der Waals surface area contributed by atoms with Crippen molar-refractivity contribution in [3.63, 3.8) is 0 Å². The molecule has 0 saturated carbocycles. The Hall–Kier alpha value is -2.79. The van der Waals surface area contributed by atoms with Crippen molar-refractivity contribution in [2.75, 3.05) is 31.5 Å². The highest BCUT2D eigenvalue weighted by Gasteiger charge is 2.44. The molecule has 0 aromatic heterocycles. The number of likely N-dealkylation sites (tertiary alicyclic amines) is 1. The molecule has 4 rings (SSSR count). The number of carbonyl (C=O) groups excluding carboxylic acids is 3. The number of hydrogen-bond donors (Lipinski definition) is 4. The van der Waals surface area contributed by atoms with Crippen LogP contribution in [0.15, 0.2) is 18.2 Å². The summed E-state index contributed by atoms with van der Waals surface area (Å²) in [4.78, 5) is 41.0. The maximum absolute atomic E-state index is 13.8. The Morgan fingerprint density at radius 2 is 1.97 bits per heavy atom. The summed E-state index contributed by atoms with van der Waals surface area (Å²) in [6.45, 7) is 1.99. The van der Waals surface area contributed by atoms with Crippen molar-refractivity contribution in [3.8, 4) is 0 Å². The van der Waals surface area contributed by atoms with Gasteiger partial charge in [-0.15, -0.1) is 0 Å². The summed E-state index contributed by atoms with van der Waals surface area (Å²) in [6.07, 6.45) is 2.18. The van der Waals surface area contributed by atoms with Crippen molar-refractivity contribution >= 4 is 23.5 Å². The van der Waals surface area contributed by atoms with Crippen LogP contribution in [0.4, 0.5) is 19.3 Å². The first kappa shape index (κ1) is 23.4. The summed E-state index contributed by atoms with van der Waals surface area (Å²) in [6, 6.07) is 1.48. The number of urea groups is 1. The van der Waals surface area contributed by atoms with E-state index in [-0.39, 0.29) is 35.7 Å². The van der Waals surface area contributed by atoms with Gasteiger partial charge in [-0.2, -0.15) is 0 Å². The predicted molar refractivity (Wildman–Crippen MR) is 115 cm³/mol. The molecule has 180 valence electrons. The molecule has 11 heteroatoms. The van der Waals surface area contributed by atoms with Gasteiger partial charge in [0.05, 0.1) is 17.8 Å². The molecule has 0 radical (unpaired) electrons. The number of fused-ring (bicyclic) bond motifs is 1. The monoisotopic (exact) mass is 465 g/mol. The molecule has 4 N–H and O–H groups in total. The molecule has 3 aliphatic heterocycles. The molecule has 0 bridgehead atoms. The minimum atomic E-state index is -0.874. The van der Waals surface area contributed by atoms with Gasteiger partial charge in [0.1, 0.15) is 11.6 Å². The number of hydrogen-bond acceptors (Lipinski definition) is 5. The fourth-order valence-corrected chi connectivity index (χ4v) is 4.85. The summed E-state index contributed by atoms with van der Waals surface area (Å²) >= 11 is 0. The number of piperazine rings is 1. The Bertz CT molecular complexity index is 909. The lowest BCUT2D eigenvalue weighted by atomic mass is 10.0. The number of carbonyl (C=O) groups is 3. The van der Waals surface area contributed by atoms with Crippen LogP contribution in [0.5, 0.6) is 0 Å². The van der Waals surface area contributed by atoms with Crippen molar-refractivity contribution in [3.05, 3.63) is 29.8 Å². The molecular formula is C22H29F2N5O4. The molecule has 1 aromatic carbocycles. The van der Waals surface area contributed by atoms with Crippen LogP contribution in [0, 0.1) is 11.6 Å². The van der Waals surface area contributed by atoms with Crippen LogP contribution in [0.1, 0.15) is 32.1 Å². The highest BCUT2D eigenvalue weighted by atomic mass is 19.1. The molecule has 0 spiro atoms. The molecule has 3 heterocycles. The third-order valence-corrected chi connectivity index (χ3v) is 6.65. The van der Waals surface area contributed by atoms with Gasteiger partial charge in [-0.3, -0.25) is 14.5 Å². The molecule has 3 atom stereocenters. The zero-order chi connectivity index (χ0) is 23.5. The average molecular weight is 466 g/mol. The lowest BCUT2D eigenvalue weighted by molar-refractivity contribution is -0.134. The van der Waals surface area contributed by atoms with E-state index in [4.69, 9.17) is 0 Å². The molecular weight excluding hydrogens is 436 g/mol. The summed E-state index contributed by atoms with van der Waals surface area (Å²) < 4.78 is 26.8. The van der Waals surface area contributed by atoms with Gasteiger partial charge in [0, 0.05) is 50.7 Å². The normalized spacial score (nSPS) is 26.0. The van der Waals surface area contributed by atoms with Gasteiger partial charge < -0.3 is 26.0 Å². The van der Waals surface area contributed by atoms with Crippen LogP contribution >= 0.6 is 0 Å². The molecule has 4 amide bonds. The van der Waals surface area contributed by atoms with Crippen molar-refractivity contribution in [1.29, 1.82) is 0 Å². The maximum Gasteiger partial charge on any atom is 0.319 e. The zero-order valence-corrected chi connectivity index (χ0v) is 18.2. The second kappa shape index (κ2) is 10.0. The standard InChI is InChI=1S/C22H29F2N5O4/c23-13-1-3-18(17(24)9-13)27-22(33)26-14-10-19-21(32)25-11-15(29(19)12-14)2-4-20(31)28-7-5-16(30)6-8-28/h1,3,9,14-16,19,30H,2,4-8,10-12H2,(H,25,32)(H2,26,27,33)/t14-,15-,19+/m1/s1. The second-order valence-corrected chi connectivity index (χ2v) is 8.92. The van der Waals surface area contributed by atoms with Gasteiger partial charge in [0.25, 0.3) is 0 Å². The topological polar surface area (TPSA) is 114 Å². The molecule has 0 unspecified atom stereocenters. The van der Waals surface area contributed by atoms with Crippen LogP contribution in [-0.2, 0) is 9.59 Å². The highest BCUT2D eigenvalue weighted by molar-refractivity contribution is 5.90. The van der Waals surface area contributed by atoms with Crippen molar-refractivity contribution < 1.29 is 28.3 Å². The first-order valence-electron chi connectivity index (χ1n) is 11.3. The molecule has 3 fully saturated rings. The Kier molecular flexibility index (Phi) is 7.08. The van der Waals surface area contributed by atoms with E-state index in [0.29, 0.717) is 64.3 Å². The summed E-state index contributed by atoms with van der Waals surface area (Å²) in [5, 5.41) is 17.6. The van der Waals surface area contributed by atoms with E-state index < -0.39 is 23.7 Å². The van der Waals surface area contributed by atoms with Crippen LogP contribution in [0.25, 0.3) is 0 Å². The number of anilines is 1. The van der Waals surface area contributed by atoms with E-state index in [1.807, 2.05) is 4.90 Å². The Morgan fingerprint density at radius 3 is 2.70 bits per heavy atom. The second-order valence-electron chi connectivity index (χ2n) is 8.92. The molecule has 33 heavy (non-hydrogen) atoms. The van der Waals surface area contributed by atoms with Crippen molar-refractivity contribution in [2.45, 2.75) is 56.3 Å². The molecule has 3 saturated heterocycles. The van der Waals surface area contributed by atoms with Gasteiger partial charge in [-0.1, -0.05) is 0 Å². The zero-order valence-electron chi connectivity index (χ0n) is 18.2. The molecule has 3 aliphatic rings. The Morgan fingerprint density at radius 1 is 1.21 bits per heavy atom. The van der Waals surface area contributed by atoms with E-state index in [1.165, 1.54) is 0 Å². The third-order valence-electron chi connectivity index (χ3n) is 6.65. The van der Waals surface area contributed by atoms with E-state index in [2.05, 4.69) is 16.0 Å². The minimum absolute atomic E-state index is 0.0311. The molecule has 0 aliphatic carbocycles. The Balaban J connectivity index is 1.30. The number of benzene rings is 1. The first-order valence-corrected chi connectivity index (χ1v) is 11.3. The lowest BCUT2D eigenvalue weighted by Crippen LogP contribution is -2.58. The number of nitrogens with zero attached hydrogens (tertiary/aromatic N) is 2. The smallest absolute Gasteiger partial charge is 0.319 e. The summed E-state index contributed by atoms with van der Waals surface area (Å²) in [5.74, 6) is -1.68. The number of amides is 4. The van der Waals surface area contributed by atoms with Gasteiger partial charge in [0.2, 0.25) is 11.8 Å². The van der Waals surface area contributed by atoms with E-state index >= 15 is 0 Å². The quantitative estimate of drug-likeness (QED) is 0.514. The number of aliphatic hydroxyl groups is 1. The molecule has 1 aromatic rings. The predicted octanol–water partition coefficient (Wildman–Crippen LogP) is 0.791. The first-order chi connectivity index (χ1) is 15.8. The fourth-order valence-electron chi connectivity index (χ4n) is 4.85. The Labute approximate surface area is 190 Å². The SMILES string of the molecule is O=C(Nc1ccc(F)cc1F)N[C@@H]1C[C@H]2C(=O)NC[C@@H](CCC(=O)N3CCC(O)CC3)N2C1. The van der Waals surface area contributed by atoms with Crippen molar-refractivity contribution in [2.24, 2.45) is 0 Å². The lowest BCUT2D eigenvalue weighted by Gasteiger charge is -2.37. The third kappa shape index (κ3) is 5.59. The van der Waals surface area contributed by atoms with Crippen LogP contribution in [-0.4, -0.2) is 83.2 Å². The van der Waals surface area contributed by atoms with Gasteiger partial charge in [-0.25, -0.2) is 13.6 Å². The maximum atomic E-state index is 13.8. The van der Waals surface area contributed by atoms with Gasteiger partial charge in [-0.05, 0) is 37.8 Å². The van der Waals surface area contributed by atoms with Crippen LogP contribution < -0.4 is 16.0 Å². The van der Waals surface area contributed by atoms with Crippen LogP contribution in [0.3, 0.4) is 0 Å². The van der Waals surface area contributed by atoms with Crippen molar-refractivity contribution in [1.82, 2.24) is 20.4 Å². The van der Waals surface area contributed by atoms with Gasteiger partial charge >= 0.3 is 6.03 Å². The summed E-state index contributed by atoms with van der Waals surface area (Å²) in [7, 11) is 0. The van der Waals surface area contributed by atoms with Gasteiger partial charge in [0.15, 0.2) is 0 Å². The number of nitrogens with one attached hydrogen (secondary N) is 3. The number of aliphatic hydroxyl groups excluding tert-OH is 1. The minimum Gasteiger partial charge on any atom is -0.393 e.